The molecule has 0 bridgehead atoms. The molecule has 0 amide bonds. The van der Waals surface area contributed by atoms with Crippen molar-refractivity contribution in [3.63, 3.8) is 0 Å². The molecular weight excluding hydrogens is 755 g/mol. The van der Waals surface area contributed by atoms with Crippen molar-refractivity contribution in [3.8, 4) is 0 Å². The standard InChI is InChI=1S/C51H91NO8/c1-6-8-10-12-14-16-18-20-22-24-26-27-29-31-33-35-37-39-41-48(53)58-45-47(46-59-51(50(55)56)57-44-43-52(3,4)5)60-49(54)42-40-38-36-34-32-30-28-25-23-21-19-17-15-13-11-9-7-2/h9,11,15,17,21-24,47,51H,6-8,10,12-14,16,18-20,25-46H2,1-5H3/b11-9-,17-15-,23-21-,24-22-. The van der Waals surface area contributed by atoms with Gasteiger partial charge in [0.15, 0.2) is 12.4 Å². The largest absolute Gasteiger partial charge is 0.545 e. The van der Waals surface area contributed by atoms with E-state index >= 15 is 0 Å². The van der Waals surface area contributed by atoms with E-state index in [1.807, 2.05) is 21.1 Å². The molecule has 0 saturated heterocycles. The predicted octanol–water partition coefficient (Wildman–Crippen LogP) is 11.8. The zero-order chi connectivity index (χ0) is 44.2. The lowest BCUT2D eigenvalue weighted by molar-refractivity contribution is -0.870. The van der Waals surface area contributed by atoms with Gasteiger partial charge in [-0.1, -0.05) is 165 Å². The highest BCUT2D eigenvalue weighted by Crippen LogP contribution is 2.14. The fourth-order valence-electron chi connectivity index (χ4n) is 6.54. The minimum absolute atomic E-state index is 0.144. The van der Waals surface area contributed by atoms with Crippen LogP contribution in [-0.4, -0.2) is 82.3 Å². The first kappa shape index (κ1) is 57.2. The van der Waals surface area contributed by atoms with Crippen molar-refractivity contribution >= 4 is 17.9 Å². The maximum absolute atomic E-state index is 12.8. The van der Waals surface area contributed by atoms with Gasteiger partial charge in [-0.25, -0.2) is 0 Å². The molecule has 0 saturated carbocycles. The molecular formula is C51H91NO8. The van der Waals surface area contributed by atoms with Gasteiger partial charge in [0.25, 0.3) is 0 Å². The summed E-state index contributed by atoms with van der Waals surface area (Å²) in [5, 5.41) is 11.7. The molecule has 0 aromatic rings. The summed E-state index contributed by atoms with van der Waals surface area (Å²) in [6, 6.07) is 0. The van der Waals surface area contributed by atoms with E-state index in [1.165, 1.54) is 89.9 Å². The molecule has 0 spiro atoms. The summed E-state index contributed by atoms with van der Waals surface area (Å²) in [6.07, 6.45) is 47.1. The monoisotopic (exact) mass is 846 g/mol. The number of hydrogen-bond donors (Lipinski definition) is 0. The van der Waals surface area contributed by atoms with E-state index in [4.69, 9.17) is 18.9 Å². The van der Waals surface area contributed by atoms with Gasteiger partial charge >= 0.3 is 11.9 Å². The van der Waals surface area contributed by atoms with E-state index in [0.29, 0.717) is 17.4 Å². The molecule has 0 rings (SSSR count). The molecule has 348 valence electrons. The van der Waals surface area contributed by atoms with E-state index in [0.717, 1.165) is 77.0 Å². The molecule has 0 aromatic heterocycles. The first-order chi connectivity index (χ1) is 29.1. The lowest BCUT2D eigenvalue weighted by Gasteiger charge is -2.26. The summed E-state index contributed by atoms with van der Waals surface area (Å²) >= 11 is 0. The number of ether oxygens (including phenoxy) is 4. The summed E-state index contributed by atoms with van der Waals surface area (Å²) in [5.41, 5.74) is 0. The number of rotatable bonds is 44. The lowest BCUT2D eigenvalue weighted by Crippen LogP contribution is -2.44. The van der Waals surface area contributed by atoms with Crippen molar-refractivity contribution in [1.29, 1.82) is 0 Å². The normalized spacial score (nSPS) is 13.3. The second-order valence-electron chi connectivity index (χ2n) is 17.4. The summed E-state index contributed by atoms with van der Waals surface area (Å²) in [6.45, 7) is 4.62. The minimum atomic E-state index is -1.62. The van der Waals surface area contributed by atoms with Crippen LogP contribution in [0, 0.1) is 0 Å². The fraction of sp³-hybridized carbons (Fsp3) is 0.784. The van der Waals surface area contributed by atoms with E-state index in [-0.39, 0.29) is 38.6 Å². The second-order valence-corrected chi connectivity index (χ2v) is 17.4. The van der Waals surface area contributed by atoms with Crippen molar-refractivity contribution in [2.45, 2.75) is 212 Å². The number of carbonyl (C=O) groups is 3. The number of esters is 2. The molecule has 2 unspecified atom stereocenters. The summed E-state index contributed by atoms with van der Waals surface area (Å²) in [5.74, 6) is -2.30. The molecule has 9 nitrogen and oxygen atoms in total. The highest BCUT2D eigenvalue weighted by atomic mass is 16.7. The van der Waals surface area contributed by atoms with Crippen LogP contribution in [0.3, 0.4) is 0 Å². The first-order valence-corrected chi connectivity index (χ1v) is 24.3. The molecule has 0 aliphatic carbocycles. The van der Waals surface area contributed by atoms with Crippen LogP contribution in [0.15, 0.2) is 48.6 Å². The molecule has 0 aliphatic rings. The molecule has 2 atom stereocenters. The van der Waals surface area contributed by atoms with Crippen LogP contribution in [0.2, 0.25) is 0 Å². The van der Waals surface area contributed by atoms with E-state index in [1.54, 1.807) is 0 Å². The van der Waals surface area contributed by atoms with Crippen molar-refractivity contribution in [1.82, 2.24) is 0 Å². The average molecular weight is 846 g/mol. The van der Waals surface area contributed by atoms with Crippen LogP contribution in [0.1, 0.15) is 200 Å². The van der Waals surface area contributed by atoms with Gasteiger partial charge in [0.1, 0.15) is 13.2 Å². The second kappa shape index (κ2) is 42.9. The van der Waals surface area contributed by atoms with Crippen molar-refractivity contribution in [3.05, 3.63) is 48.6 Å². The lowest BCUT2D eigenvalue weighted by atomic mass is 10.1. The molecule has 60 heavy (non-hydrogen) atoms. The Hall–Kier alpha value is -2.75. The zero-order valence-corrected chi connectivity index (χ0v) is 39.3. The minimum Gasteiger partial charge on any atom is -0.545 e. The van der Waals surface area contributed by atoms with Gasteiger partial charge < -0.3 is 33.3 Å². The van der Waals surface area contributed by atoms with Crippen LogP contribution < -0.4 is 5.11 Å². The Labute approximate surface area is 368 Å². The Morgan fingerprint density at radius 3 is 1.43 bits per heavy atom. The van der Waals surface area contributed by atoms with Crippen molar-refractivity contribution in [2.75, 3.05) is 47.5 Å². The molecule has 0 radical (unpaired) electrons. The Balaban J connectivity index is 4.40. The fourth-order valence-corrected chi connectivity index (χ4v) is 6.54. The number of quaternary nitrogens is 1. The third-order valence-corrected chi connectivity index (χ3v) is 10.3. The van der Waals surface area contributed by atoms with Gasteiger partial charge in [0.05, 0.1) is 40.3 Å². The molecule has 0 fully saturated rings. The van der Waals surface area contributed by atoms with Gasteiger partial charge in [-0.3, -0.25) is 9.59 Å². The number of unbranched alkanes of at least 4 members (excludes halogenated alkanes) is 21. The van der Waals surface area contributed by atoms with Crippen molar-refractivity contribution in [2.24, 2.45) is 0 Å². The Kier molecular flexibility index (Phi) is 41.0. The van der Waals surface area contributed by atoms with Gasteiger partial charge in [-0.2, -0.15) is 0 Å². The number of likely N-dealkylation sites (N-methyl/N-ethyl adjacent to an activating group) is 1. The van der Waals surface area contributed by atoms with Crippen molar-refractivity contribution < 1.29 is 42.9 Å². The number of carboxylic acids is 1. The Morgan fingerprint density at radius 1 is 0.517 bits per heavy atom. The Bertz CT molecular complexity index is 1120. The van der Waals surface area contributed by atoms with E-state index < -0.39 is 24.3 Å². The highest BCUT2D eigenvalue weighted by molar-refractivity contribution is 5.70. The number of nitrogens with zero attached hydrogens (tertiary/aromatic N) is 1. The quantitative estimate of drug-likeness (QED) is 0.0196. The predicted molar refractivity (Wildman–Crippen MR) is 246 cm³/mol. The average Bonchev–Trinajstić information content (AvgIpc) is 3.21. The van der Waals surface area contributed by atoms with E-state index in [2.05, 4.69) is 62.5 Å². The summed E-state index contributed by atoms with van der Waals surface area (Å²) < 4.78 is 22.6. The Morgan fingerprint density at radius 2 is 0.950 bits per heavy atom. The smallest absolute Gasteiger partial charge is 0.306 e. The van der Waals surface area contributed by atoms with Crippen LogP contribution in [-0.2, 0) is 33.3 Å². The topological polar surface area (TPSA) is 111 Å². The molecule has 0 aromatic carbocycles. The third kappa shape index (κ3) is 43.3. The van der Waals surface area contributed by atoms with Gasteiger partial charge in [0.2, 0.25) is 0 Å². The maximum atomic E-state index is 12.8. The SMILES string of the molecule is CC/C=C\C/C=C\C/C=C\CCCCCCCCCC(=O)OC(COC(=O)CCCCCCCCC/C=C\CCCCCCCCC)COC(OCC[N+](C)(C)C)C(=O)[O-]. The third-order valence-electron chi connectivity index (χ3n) is 10.3. The van der Waals surface area contributed by atoms with Crippen LogP contribution in [0.4, 0.5) is 0 Å². The van der Waals surface area contributed by atoms with Crippen LogP contribution in [0.25, 0.3) is 0 Å². The first-order valence-electron chi connectivity index (χ1n) is 24.3. The number of hydrogen-bond acceptors (Lipinski definition) is 8. The van der Waals surface area contributed by atoms with Crippen LogP contribution >= 0.6 is 0 Å². The molecule has 0 aliphatic heterocycles. The van der Waals surface area contributed by atoms with E-state index in [9.17, 15) is 19.5 Å². The zero-order valence-electron chi connectivity index (χ0n) is 39.3. The highest BCUT2D eigenvalue weighted by Gasteiger charge is 2.21. The number of allylic oxidation sites excluding steroid dienone is 8. The number of aliphatic carboxylic acids is 1. The maximum Gasteiger partial charge on any atom is 0.306 e. The van der Waals surface area contributed by atoms with Gasteiger partial charge in [-0.05, 0) is 70.6 Å². The molecule has 9 heteroatoms. The summed E-state index contributed by atoms with van der Waals surface area (Å²) in [4.78, 5) is 37.1. The molecule has 0 heterocycles. The summed E-state index contributed by atoms with van der Waals surface area (Å²) in [7, 11) is 5.90. The van der Waals surface area contributed by atoms with Crippen LogP contribution in [0.5, 0.6) is 0 Å². The number of carbonyl (C=O) groups excluding carboxylic acids is 3. The number of carboxylic acid groups (broad SMARTS) is 1. The van der Waals surface area contributed by atoms with Gasteiger partial charge in [0, 0.05) is 12.8 Å². The van der Waals surface area contributed by atoms with Gasteiger partial charge in [-0.15, -0.1) is 0 Å². The molecule has 0 N–H and O–H groups in total.